The lowest BCUT2D eigenvalue weighted by Crippen LogP contribution is -2.48. The molecule has 1 saturated heterocycles. The van der Waals surface area contributed by atoms with E-state index in [9.17, 15) is 4.39 Å². The van der Waals surface area contributed by atoms with Crippen molar-refractivity contribution in [2.75, 3.05) is 45.4 Å². The SMILES string of the molecule is CN=C(NCCCCSC)NCC1(c2cccc(F)c2)CCOCC1. The molecule has 2 N–H and O–H groups in total. The molecule has 0 atom stereocenters. The molecule has 0 unspecified atom stereocenters. The number of aliphatic imine (C=N–C) groups is 1. The van der Waals surface area contributed by atoms with Gasteiger partial charge >= 0.3 is 0 Å². The zero-order valence-electron chi connectivity index (χ0n) is 15.3. The van der Waals surface area contributed by atoms with Crippen LogP contribution in [0.15, 0.2) is 29.3 Å². The highest BCUT2D eigenvalue weighted by atomic mass is 32.2. The summed E-state index contributed by atoms with van der Waals surface area (Å²) >= 11 is 1.88. The first kappa shape index (κ1) is 20.0. The summed E-state index contributed by atoms with van der Waals surface area (Å²) in [5.74, 6) is 1.82. The Morgan fingerprint density at radius 1 is 1.28 bits per heavy atom. The van der Waals surface area contributed by atoms with Gasteiger partial charge in [-0.3, -0.25) is 4.99 Å². The highest BCUT2D eigenvalue weighted by molar-refractivity contribution is 7.98. The van der Waals surface area contributed by atoms with E-state index in [1.807, 2.05) is 17.8 Å². The van der Waals surface area contributed by atoms with Crippen LogP contribution in [0.4, 0.5) is 4.39 Å². The number of unbranched alkanes of at least 4 members (excludes halogenated alkanes) is 1. The van der Waals surface area contributed by atoms with E-state index in [0.717, 1.165) is 43.9 Å². The van der Waals surface area contributed by atoms with E-state index in [0.29, 0.717) is 13.2 Å². The minimum absolute atomic E-state index is 0.114. The maximum absolute atomic E-state index is 13.7. The Morgan fingerprint density at radius 2 is 2.08 bits per heavy atom. The third kappa shape index (κ3) is 6.19. The monoisotopic (exact) mass is 367 g/mol. The van der Waals surface area contributed by atoms with Crippen molar-refractivity contribution < 1.29 is 9.13 Å². The summed E-state index contributed by atoms with van der Waals surface area (Å²) in [4.78, 5) is 4.32. The largest absolute Gasteiger partial charge is 0.381 e. The van der Waals surface area contributed by atoms with Crippen LogP contribution in [-0.4, -0.2) is 51.3 Å². The first-order valence-electron chi connectivity index (χ1n) is 8.97. The maximum Gasteiger partial charge on any atom is 0.191 e. The quantitative estimate of drug-likeness (QED) is 0.421. The van der Waals surface area contributed by atoms with Gasteiger partial charge in [-0.1, -0.05) is 12.1 Å². The number of guanidine groups is 1. The zero-order valence-corrected chi connectivity index (χ0v) is 16.1. The summed E-state index contributed by atoms with van der Waals surface area (Å²) in [6, 6.07) is 6.97. The average molecular weight is 368 g/mol. The molecule has 0 aliphatic carbocycles. The standard InChI is InChI=1S/C19H30FN3OS/c1-21-18(22-10-3-4-13-25-2)23-15-19(8-11-24-12-9-19)16-6-5-7-17(20)14-16/h5-7,14H,3-4,8-13,15H2,1-2H3,(H2,21,22,23). The molecule has 1 fully saturated rings. The molecule has 4 nitrogen and oxygen atoms in total. The van der Waals surface area contributed by atoms with Crippen LogP contribution in [0, 0.1) is 5.82 Å². The molecule has 0 amide bonds. The zero-order chi connectivity index (χ0) is 18.0. The Balaban J connectivity index is 1.95. The van der Waals surface area contributed by atoms with Crippen molar-refractivity contribution >= 4 is 17.7 Å². The highest BCUT2D eigenvalue weighted by Crippen LogP contribution is 2.34. The van der Waals surface area contributed by atoms with Crippen molar-refractivity contribution in [1.82, 2.24) is 10.6 Å². The number of benzene rings is 1. The van der Waals surface area contributed by atoms with E-state index in [-0.39, 0.29) is 11.2 Å². The maximum atomic E-state index is 13.7. The van der Waals surface area contributed by atoms with Crippen LogP contribution in [-0.2, 0) is 10.2 Å². The Morgan fingerprint density at radius 3 is 2.76 bits per heavy atom. The minimum Gasteiger partial charge on any atom is -0.381 e. The molecule has 25 heavy (non-hydrogen) atoms. The van der Waals surface area contributed by atoms with Crippen LogP contribution < -0.4 is 10.6 Å². The van der Waals surface area contributed by atoms with Crippen LogP contribution in [0.2, 0.25) is 0 Å². The van der Waals surface area contributed by atoms with Gasteiger partial charge in [0, 0.05) is 38.8 Å². The molecule has 1 aromatic carbocycles. The molecule has 0 saturated carbocycles. The van der Waals surface area contributed by atoms with E-state index in [4.69, 9.17) is 4.74 Å². The molecular weight excluding hydrogens is 337 g/mol. The van der Waals surface area contributed by atoms with E-state index in [2.05, 4.69) is 21.9 Å². The molecule has 0 radical (unpaired) electrons. The van der Waals surface area contributed by atoms with Gasteiger partial charge in [-0.2, -0.15) is 11.8 Å². The number of hydrogen-bond donors (Lipinski definition) is 2. The van der Waals surface area contributed by atoms with Crippen LogP contribution in [0.1, 0.15) is 31.2 Å². The lowest BCUT2D eigenvalue weighted by molar-refractivity contribution is 0.0513. The molecule has 0 spiro atoms. The molecule has 1 aliphatic rings. The third-order valence-corrected chi connectivity index (χ3v) is 5.47. The molecular formula is C19H30FN3OS. The second-order valence-electron chi connectivity index (χ2n) is 6.46. The number of rotatable bonds is 8. The number of hydrogen-bond acceptors (Lipinski definition) is 3. The lowest BCUT2D eigenvalue weighted by atomic mass is 9.74. The molecule has 0 aromatic heterocycles. The number of nitrogens with one attached hydrogen (secondary N) is 2. The summed E-state index contributed by atoms with van der Waals surface area (Å²) < 4.78 is 19.3. The van der Waals surface area contributed by atoms with Crippen molar-refractivity contribution in [2.45, 2.75) is 31.1 Å². The van der Waals surface area contributed by atoms with Gasteiger partial charge in [-0.05, 0) is 55.4 Å². The smallest absolute Gasteiger partial charge is 0.191 e. The van der Waals surface area contributed by atoms with Crippen LogP contribution in [0.25, 0.3) is 0 Å². The van der Waals surface area contributed by atoms with Gasteiger partial charge in [0.2, 0.25) is 0 Å². The van der Waals surface area contributed by atoms with E-state index in [1.54, 1.807) is 19.2 Å². The molecule has 0 bridgehead atoms. The predicted octanol–water partition coefficient (Wildman–Crippen LogP) is 3.18. The molecule has 140 valence electrons. The third-order valence-electron chi connectivity index (χ3n) is 4.77. The second-order valence-corrected chi connectivity index (χ2v) is 7.44. The van der Waals surface area contributed by atoms with Gasteiger partial charge in [0.25, 0.3) is 0 Å². The van der Waals surface area contributed by atoms with Crippen LogP contribution >= 0.6 is 11.8 Å². The fourth-order valence-corrected chi connectivity index (χ4v) is 3.69. The Labute approximate surface area is 155 Å². The Hall–Kier alpha value is -1.27. The van der Waals surface area contributed by atoms with Crippen molar-refractivity contribution in [3.63, 3.8) is 0 Å². The van der Waals surface area contributed by atoms with Crippen molar-refractivity contribution in [1.29, 1.82) is 0 Å². The summed E-state index contributed by atoms with van der Waals surface area (Å²) in [5.41, 5.74) is 0.926. The normalized spacial score (nSPS) is 17.3. The van der Waals surface area contributed by atoms with Gasteiger partial charge in [0.05, 0.1) is 0 Å². The van der Waals surface area contributed by atoms with Crippen LogP contribution in [0.3, 0.4) is 0 Å². The molecule has 1 aromatic rings. The van der Waals surface area contributed by atoms with Crippen molar-refractivity contribution in [3.8, 4) is 0 Å². The highest BCUT2D eigenvalue weighted by Gasteiger charge is 2.34. The number of nitrogens with zero attached hydrogens (tertiary/aromatic N) is 1. The Bertz CT molecular complexity index is 547. The molecule has 2 rings (SSSR count). The number of thioether (sulfide) groups is 1. The minimum atomic E-state index is -0.181. The van der Waals surface area contributed by atoms with E-state index >= 15 is 0 Å². The van der Waals surface area contributed by atoms with Crippen LogP contribution in [0.5, 0.6) is 0 Å². The number of halogens is 1. The van der Waals surface area contributed by atoms with Gasteiger partial charge < -0.3 is 15.4 Å². The second kappa shape index (κ2) is 10.7. The number of ether oxygens (including phenoxy) is 1. The summed E-state index contributed by atoms with van der Waals surface area (Å²) in [7, 11) is 1.79. The van der Waals surface area contributed by atoms with Crippen molar-refractivity contribution in [3.05, 3.63) is 35.6 Å². The first-order valence-corrected chi connectivity index (χ1v) is 10.4. The van der Waals surface area contributed by atoms with Gasteiger partial charge in [-0.15, -0.1) is 0 Å². The topological polar surface area (TPSA) is 45.7 Å². The van der Waals surface area contributed by atoms with Gasteiger partial charge in [0.15, 0.2) is 5.96 Å². The lowest BCUT2D eigenvalue weighted by Gasteiger charge is -2.38. The van der Waals surface area contributed by atoms with E-state index in [1.165, 1.54) is 18.2 Å². The average Bonchev–Trinajstić information content (AvgIpc) is 2.65. The van der Waals surface area contributed by atoms with Crippen molar-refractivity contribution in [2.24, 2.45) is 4.99 Å². The molecule has 1 heterocycles. The first-order chi connectivity index (χ1) is 12.2. The van der Waals surface area contributed by atoms with Gasteiger partial charge in [0.1, 0.15) is 5.82 Å². The summed E-state index contributed by atoms with van der Waals surface area (Å²) in [6.07, 6.45) is 6.23. The van der Waals surface area contributed by atoms with E-state index < -0.39 is 0 Å². The molecule has 6 heteroatoms. The summed E-state index contributed by atoms with van der Waals surface area (Å²) in [5, 5.41) is 6.82. The molecule has 1 aliphatic heterocycles. The fraction of sp³-hybridized carbons (Fsp3) is 0.632. The Kier molecular flexibility index (Phi) is 8.55. The fourth-order valence-electron chi connectivity index (χ4n) is 3.20. The summed E-state index contributed by atoms with van der Waals surface area (Å²) in [6.45, 7) is 3.05. The van der Waals surface area contributed by atoms with Gasteiger partial charge in [-0.25, -0.2) is 4.39 Å². The predicted molar refractivity (Wildman–Crippen MR) is 105 cm³/mol.